The van der Waals surface area contributed by atoms with Gasteiger partial charge in [0, 0.05) is 6.54 Å². The van der Waals surface area contributed by atoms with Gasteiger partial charge in [-0.25, -0.2) is 8.78 Å². The molecule has 0 aliphatic carbocycles. The monoisotopic (exact) mass is 299 g/mol. The fourth-order valence-electron chi connectivity index (χ4n) is 1.22. The average Bonchev–Trinajstić information content (AvgIpc) is 2.27. The number of benzene rings is 1. The third kappa shape index (κ3) is 5.35. The lowest BCUT2D eigenvalue weighted by Gasteiger charge is -2.14. The maximum Gasteiger partial charge on any atom is 0.250 e. The van der Waals surface area contributed by atoms with E-state index in [2.05, 4.69) is 5.32 Å². The Labute approximate surface area is 114 Å². The summed E-state index contributed by atoms with van der Waals surface area (Å²) < 4.78 is 28.9. The maximum absolute atomic E-state index is 11.8. The van der Waals surface area contributed by atoms with Crippen molar-refractivity contribution in [2.45, 2.75) is 12.5 Å². The van der Waals surface area contributed by atoms with Gasteiger partial charge in [-0.2, -0.15) is 0 Å². The predicted molar refractivity (Wildman–Crippen MR) is 66.8 cm³/mol. The SMILES string of the molecule is OC(CNCC(F)F)COc1c(Cl)cccc1Cl. The number of hydrogen-bond donors (Lipinski definition) is 2. The van der Waals surface area contributed by atoms with Crippen LogP contribution >= 0.6 is 23.2 Å². The standard InChI is InChI=1S/C11H13Cl2F2NO2/c12-8-2-1-3-9(13)11(8)18-6-7(17)4-16-5-10(14)15/h1-3,7,10,16-17H,4-6H2. The highest BCUT2D eigenvalue weighted by Gasteiger charge is 2.11. The van der Waals surface area contributed by atoms with Gasteiger partial charge in [0.15, 0.2) is 5.75 Å². The number of hydrogen-bond acceptors (Lipinski definition) is 3. The highest BCUT2D eigenvalue weighted by Crippen LogP contribution is 2.32. The number of para-hydroxylation sites is 1. The van der Waals surface area contributed by atoms with Crippen LogP contribution in [0.2, 0.25) is 10.0 Å². The largest absolute Gasteiger partial charge is 0.488 e. The van der Waals surface area contributed by atoms with Crippen LogP contribution in [0.25, 0.3) is 0 Å². The molecule has 1 unspecified atom stereocenters. The molecule has 0 fully saturated rings. The first-order chi connectivity index (χ1) is 8.50. The molecule has 0 aliphatic heterocycles. The molecule has 0 heterocycles. The van der Waals surface area contributed by atoms with Gasteiger partial charge in [0.2, 0.25) is 0 Å². The van der Waals surface area contributed by atoms with Crippen LogP contribution in [0.15, 0.2) is 18.2 Å². The fraction of sp³-hybridized carbons (Fsp3) is 0.455. The number of aliphatic hydroxyl groups excluding tert-OH is 1. The van der Waals surface area contributed by atoms with Gasteiger partial charge in [0.05, 0.1) is 16.6 Å². The Kier molecular flexibility index (Phi) is 6.63. The summed E-state index contributed by atoms with van der Waals surface area (Å²) in [6, 6.07) is 4.87. The van der Waals surface area contributed by atoms with Crippen LogP contribution in [0.4, 0.5) is 8.78 Å². The molecule has 1 aromatic rings. The fourth-order valence-corrected chi connectivity index (χ4v) is 1.72. The molecule has 0 radical (unpaired) electrons. The summed E-state index contributed by atoms with van der Waals surface area (Å²) in [5.74, 6) is 0.272. The lowest BCUT2D eigenvalue weighted by atomic mass is 10.3. The van der Waals surface area contributed by atoms with Gasteiger partial charge >= 0.3 is 0 Å². The molecule has 0 aromatic heterocycles. The lowest BCUT2D eigenvalue weighted by molar-refractivity contribution is 0.0952. The summed E-state index contributed by atoms with van der Waals surface area (Å²) >= 11 is 11.7. The van der Waals surface area contributed by atoms with Gasteiger partial charge in [-0.1, -0.05) is 29.3 Å². The quantitative estimate of drug-likeness (QED) is 0.813. The second kappa shape index (κ2) is 7.74. The molecule has 1 rings (SSSR count). The minimum absolute atomic E-state index is 0.00636. The smallest absolute Gasteiger partial charge is 0.250 e. The van der Waals surface area contributed by atoms with Gasteiger partial charge in [0.25, 0.3) is 6.43 Å². The van der Waals surface area contributed by atoms with E-state index >= 15 is 0 Å². The Balaban J connectivity index is 2.36. The normalized spacial score (nSPS) is 12.8. The molecule has 0 spiro atoms. The van der Waals surface area contributed by atoms with Crippen molar-refractivity contribution in [3.05, 3.63) is 28.2 Å². The summed E-state index contributed by atoms with van der Waals surface area (Å²) in [7, 11) is 0. The lowest BCUT2D eigenvalue weighted by Crippen LogP contribution is -2.34. The topological polar surface area (TPSA) is 41.5 Å². The third-order valence-electron chi connectivity index (χ3n) is 2.02. The first kappa shape index (κ1) is 15.4. The molecular formula is C11H13Cl2F2NO2. The van der Waals surface area contributed by atoms with Crippen LogP contribution in [-0.4, -0.2) is 37.3 Å². The van der Waals surface area contributed by atoms with E-state index < -0.39 is 19.1 Å². The molecule has 2 N–H and O–H groups in total. The van der Waals surface area contributed by atoms with Crippen LogP contribution in [0.5, 0.6) is 5.75 Å². The Morgan fingerprint density at radius 3 is 2.39 bits per heavy atom. The molecular weight excluding hydrogens is 287 g/mol. The third-order valence-corrected chi connectivity index (χ3v) is 2.61. The zero-order chi connectivity index (χ0) is 13.5. The first-order valence-electron chi connectivity index (χ1n) is 5.24. The predicted octanol–water partition coefficient (Wildman–Crippen LogP) is 2.59. The molecule has 1 atom stereocenters. The van der Waals surface area contributed by atoms with Gasteiger partial charge in [-0.15, -0.1) is 0 Å². The Morgan fingerprint density at radius 1 is 1.22 bits per heavy atom. The summed E-state index contributed by atoms with van der Waals surface area (Å²) in [6.07, 6.45) is -3.37. The van der Waals surface area contributed by atoms with Crippen molar-refractivity contribution in [2.24, 2.45) is 0 Å². The number of nitrogens with one attached hydrogen (secondary N) is 1. The molecule has 0 amide bonds. The average molecular weight is 300 g/mol. The highest BCUT2D eigenvalue weighted by atomic mass is 35.5. The van der Waals surface area contributed by atoms with E-state index in [1.54, 1.807) is 18.2 Å². The molecule has 1 aromatic carbocycles. The van der Waals surface area contributed by atoms with Crippen LogP contribution in [-0.2, 0) is 0 Å². The maximum atomic E-state index is 11.8. The molecule has 102 valence electrons. The van der Waals surface area contributed by atoms with Crippen molar-refractivity contribution < 1.29 is 18.6 Å². The zero-order valence-electron chi connectivity index (χ0n) is 9.38. The van der Waals surface area contributed by atoms with Crippen molar-refractivity contribution in [2.75, 3.05) is 19.7 Å². The van der Waals surface area contributed by atoms with Crippen LogP contribution in [0, 0.1) is 0 Å². The van der Waals surface area contributed by atoms with E-state index in [0.717, 1.165) is 0 Å². The molecule has 7 heteroatoms. The number of halogens is 4. The van der Waals surface area contributed by atoms with E-state index in [-0.39, 0.29) is 18.9 Å². The van der Waals surface area contributed by atoms with E-state index in [1.807, 2.05) is 0 Å². The second-order valence-corrected chi connectivity index (χ2v) is 4.38. The first-order valence-corrected chi connectivity index (χ1v) is 6.00. The van der Waals surface area contributed by atoms with Crippen LogP contribution in [0.3, 0.4) is 0 Å². The van der Waals surface area contributed by atoms with Crippen LogP contribution < -0.4 is 10.1 Å². The van der Waals surface area contributed by atoms with Crippen LogP contribution in [0.1, 0.15) is 0 Å². The number of alkyl halides is 2. The second-order valence-electron chi connectivity index (χ2n) is 3.56. The van der Waals surface area contributed by atoms with Crippen molar-refractivity contribution in [1.82, 2.24) is 5.32 Å². The number of rotatable bonds is 7. The summed E-state index contributed by atoms with van der Waals surface area (Å²) in [5.41, 5.74) is 0. The minimum Gasteiger partial charge on any atom is -0.488 e. The molecule has 18 heavy (non-hydrogen) atoms. The highest BCUT2D eigenvalue weighted by molar-refractivity contribution is 6.37. The van der Waals surface area contributed by atoms with Gasteiger partial charge in [-0.3, -0.25) is 0 Å². The van der Waals surface area contributed by atoms with E-state index in [4.69, 9.17) is 27.9 Å². The molecule has 0 saturated heterocycles. The summed E-state index contributed by atoms with van der Waals surface area (Å²) in [5, 5.41) is 12.5. The van der Waals surface area contributed by atoms with Gasteiger partial charge in [0.1, 0.15) is 12.7 Å². The Hall–Kier alpha value is -0.620. The van der Waals surface area contributed by atoms with E-state index in [0.29, 0.717) is 10.0 Å². The number of ether oxygens (including phenoxy) is 1. The van der Waals surface area contributed by atoms with Gasteiger partial charge in [-0.05, 0) is 12.1 Å². The minimum atomic E-state index is -2.45. The summed E-state index contributed by atoms with van der Waals surface area (Å²) in [4.78, 5) is 0. The van der Waals surface area contributed by atoms with E-state index in [1.165, 1.54) is 0 Å². The molecule has 3 nitrogen and oxygen atoms in total. The summed E-state index contributed by atoms with van der Waals surface area (Å²) in [6.45, 7) is -0.546. The number of aliphatic hydroxyl groups is 1. The van der Waals surface area contributed by atoms with Crippen molar-refractivity contribution in [1.29, 1.82) is 0 Å². The molecule has 0 saturated carbocycles. The molecule has 0 bridgehead atoms. The van der Waals surface area contributed by atoms with E-state index in [9.17, 15) is 13.9 Å². The Morgan fingerprint density at radius 2 is 1.83 bits per heavy atom. The van der Waals surface area contributed by atoms with Crippen molar-refractivity contribution in [3.63, 3.8) is 0 Å². The van der Waals surface area contributed by atoms with Gasteiger partial charge < -0.3 is 15.2 Å². The van der Waals surface area contributed by atoms with Crippen molar-refractivity contribution >= 4 is 23.2 Å². The Bertz CT molecular complexity index is 360. The van der Waals surface area contributed by atoms with Crippen molar-refractivity contribution in [3.8, 4) is 5.75 Å². The zero-order valence-corrected chi connectivity index (χ0v) is 10.9. The molecule has 0 aliphatic rings.